The summed E-state index contributed by atoms with van der Waals surface area (Å²) >= 11 is 6.20. The van der Waals surface area contributed by atoms with Crippen LogP contribution in [0.25, 0.3) is 0 Å². The fourth-order valence-corrected chi connectivity index (χ4v) is 4.11. The van der Waals surface area contributed by atoms with Crippen molar-refractivity contribution in [3.63, 3.8) is 0 Å². The summed E-state index contributed by atoms with van der Waals surface area (Å²) in [4.78, 5) is 30.3. The number of fused-ring (bicyclic) bond motifs is 1. The molecule has 1 aliphatic heterocycles. The number of hydrogen-bond acceptors (Lipinski definition) is 6. The van der Waals surface area contributed by atoms with Crippen molar-refractivity contribution in [2.24, 2.45) is 4.99 Å². The van der Waals surface area contributed by atoms with Gasteiger partial charge in [-0.25, -0.2) is 0 Å². The van der Waals surface area contributed by atoms with Crippen LogP contribution in [0, 0.1) is 10.1 Å². The number of thioether (sulfide) groups is 1. The average molecular weight is 416 g/mol. The molecule has 2 atom stereocenters. The average Bonchev–Trinajstić information content (AvgIpc) is 2.79. The summed E-state index contributed by atoms with van der Waals surface area (Å²) in [6, 6.07) is 12.3. The number of nitro groups is 1. The van der Waals surface area contributed by atoms with Gasteiger partial charge in [-0.2, -0.15) is 12.6 Å². The number of non-ortho nitro benzene ring substituents is 1. The molecular formula is C20H21N3O3S2. The van der Waals surface area contributed by atoms with Gasteiger partial charge in [-0.15, -0.1) is 11.8 Å². The molecule has 2 aromatic rings. The van der Waals surface area contributed by atoms with Crippen molar-refractivity contribution in [2.45, 2.75) is 29.2 Å². The Balaban J connectivity index is 2.18. The molecule has 1 amide bonds. The summed E-state index contributed by atoms with van der Waals surface area (Å²) < 4.78 is 0. The van der Waals surface area contributed by atoms with Crippen LogP contribution in [0.15, 0.2) is 52.4 Å². The maximum Gasteiger partial charge on any atom is 0.270 e. The van der Waals surface area contributed by atoms with Crippen LogP contribution < -0.4 is 4.90 Å². The summed E-state index contributed by atoms with van der Waals surface area (Å²) in [5.41, 5.74) is 2.62. The van der Waals surface area contributed by atoms with Gasteiger partial charge >= 0.3 is 0 Å². The number of nitrogens with zero attached hydrogens (tertiary/aromatic N) is 3. The molecule has 0 saturated carbocycles. The molecule has 2 aromatic carbocycles. The molecule has 0 fully saturated rings. The molecule has 146 valence electrons. The van der Waals surface area contributed by atoms with Gasteiger partial charge in [0.2, 0.25) is 5.91 Å². The molecule has 0 saturated heterocycles. The highest BCUT2D eigenvalue weighted by Gasteiger charge is 2.26. The lowest BCUT2D eigenvalue weighted by Gasteiger charge is -2.20. The van der Waals surface area contributed by atoms with E-state index in [0.29, 0.717) is 17.0 Å². The quantitative estimate of drug-likeness (QED) is 0.344. The van der Waals surface area contributed by atoms with Gasteiger partial charge in [0.25, 0.3) is 5.69 Å². The first-order chi connectivity index (χ1) is 13.3. The largest absolute Gasteiger partial charge is 0.313 e. The second kappa shape index (κ2) is 8.36. The normalized spacial score (nSPS) is 16.1. The fraction of sp³-hybridized carbons (Fsp3) is 0.300. The van der Waals surface area contributed by atoms with E-state index in [4.69, 9.17) is 0 Å². The number of benzodiazepines with no additional fused rings is 1. The van der Waals surface area contributed by atoms with Crippen LogP contribution in [0.4, 0.5) is 11.4 Å². The molecule has 0 radical (unpaired) electrons. The van der Waals surface area contributed by atoms with E-state index in [1.807, 2.05) is 31.2 Å². The molecule has 2 unspecified atom stereocenters. The molecule has 0 bridgehead atoms. The van der Waals surface area contributed by atoms with Gasteiger partial charge in [0, 0.05) is 45.7 Å². The highest BCUT2D eigenvalue weighted by molar-refractivity contribution is 8.00. The second-order valence-electron chi connectivity index (χ2n) is 6.64. The Kier molecular flexibility index (Phi) is 6.10. The van der Waals surface area contributed by atoms with Crippen molar-refractivity contribution >= 4 is 47.4 Å². The first kappa shape index (κ1) is 20.4. The van der Waals surface area contributed by atoms with Crippen molar-refractivity contribution in [2.75, 3.05) is 18.5 Å². The molecule has 0 aromatic heterocycles. The van der Waals surface area contributed by atoms with Crippen molar-refractivity contribution in [1.29, 1.82) is 0 Å². The zero-order valence-corrected chi connectivity index (χ0v) is 17.5. The van der Waals surface area contributed by atoms with Crippen molar-refractivity contribution in [3.8, 4) is 0 Å². The third-order valence-corrected chi connectivity index (χ3v) is 6.73. The van der Waals surface area contributed by atoms with E-state index in [-0.39, 0.29) is 28.6 Å². The molecule has 3 rings (SSSR count). The van der Waals surface area contributed by atoms with Crippen LogP contribution in [0.3, 0.4) is 0 Å². The minimum absolute atomic E-state index is 0.00810. The Morgan fingerprint density at radius 2 is 1.93 bits per heavy atom. The van der Waals surface area contributed by atoms with E-state index in [0.717, 1.165) is 10.5 Å². The number of likely N-dealkylation sites (N-methyl/N-ethyl adjacent to an activating group) is 1. The smallest absolute Gasteiger partial charge is 0.270 e. The van der Waals surface area contributed by atoms with Gasteiger partial charge in [0.15, 0.2) is 0 Å². The van der Waals surface area contributed by atoms with Crippen LogP contribution in [-0.2, 0) is 4.79 Å². The maximum atomic E-state index is 12.4. The Labute approximate surface area is 173 Å². The number of anilines is 1. The number of amides is 1. The summed E-state index contributed by atoms with van der Waals surface area (Å²) in [7, 11) is 1.66. The van der Waals surface area contributed by atoms with Crippen molar-refractivity contribution in [1.82, 2.24) is 0 Å². The Bertz CT molecular complexity index is 959. The molecule has 0 N–H and O–H groups in total. The molecule has 1 heterocycles. The topological polar surface area (TPSA) is 75.8 Å². The number of aliphatic imine (C=N–C) groups is 1. The summed E-state index contributed by atoms with van der Waals surface area (Å²) in [6.45, 7) is 4.13. The molecule has 0 spiro atoms. The lowest BCUT2D eigenvalue weighted by Crippen LogP contribution is -2.27. The first-order valence-corrected chi connectivity index (χ1v) is 10.2. The van der Waals surface area contributed by atoms with E-state index in [1.165, 1.54) is 17.0 Å². The monoisotopic (exact) mass is 415 g/mol. The Morgan fingerprint density at radius 1 is 1.21 bits per heavy atom. The van der Waals surface area contributed by atoms with E-state index in [2.05, 4.69) is 24.5 Å². The lowest BCUT2D eigenvalue weighted by atomic mass is 9.99. The molecule has 28 heavy (non-hydrogen) atoms. The fourth-order valence-electron chi connectivity index (χ4n) is 2.89. The van der Waals surface area contributed by atoms with Gasteiger partial charge in [0.05, 0.1) is 16.3 Å². The number of hydrogen-bond donors (Lipinski definition) is 1. The molecule has 0 aliphatic carbocycles. The number of carbonyl (C=O) groups is 1. The lowest BCUT2D eigenvalue weighted by molar-refractivity contribution is -0.384. The minimum Gasteiger partial charge on any atom is -0.313 e. The van der Waals surface area contributed by atoms with Crippen molar-refractivity contribution in [3.05, 3.63) is 63.7 Å². The highest BCUT2D eigenvalue weighted by atomic mass is 32.2. The Hall–Kier alpha value is -2.32. The summed E-state index contributed by atoms with van der Waals surface area (Å²) in [6.07, 6.45) is 0. The number of benzene rings is 2. The van der Waals surface area contributed by atoms with Crippen LogP contribution >= 0.6 is 24.4 Å². The Morgan fingerprint density at radius 3 is 2.61 bits per heavy atom. The zero-order valence-electron chi connectivity index (χ0n) is 15.8. The van der Waals surface area contributed by atoms with Gasteiger partial charge in [0.1, 0.15) is 6.54 Å². The SMILES string of the molecule is CC(S)C(C)Sc1ccccc1C1=NCC(=O)N(C)c2ccc([N+](=O)[O-])cc21. The van der Waals surface area contributed by atoms with Gasteiger partial charge in [-0.3, -0.25) is 19.9 Å². The van der Waals surface area contributed by atoms with Gasteiger partial charge in [-0.1, -0.05) is 32.0 Å². The van der Waals surface area contributed by atoms with Crippen LogP contribution in [0.2, 0.25) is 0 Å². The zero-order chi connectivity index (χ0) is 20.4. The van der Waals surface area contributed by atoms with Gasteiger partial charge < -0.3 is 4.90 Å². The van der Waals surface area contributed by atoms with Crippen LogP contribution in [-0.4, -0.2) is 40.6 Å². The van der Waals surface area contributed by atoms with E-state index < -0.39 is 4.92 Å². The minimum atomic E-state index is -0.435. The maximum absolute atomic E-state index is 12.4. The van der Waals surface area contributed by atoms with Crippen molar-refractivity contribution < 1.29 is 9.72 Å². The van der Waals surface area contributed by atoms with Crippen LogP contribution in [0.5, 0.6) is 0 Å². The van der Waals surface area contributed by atoms with E-state index >= 15 is 0 Å². The number of carbonyl (C=O) groups excluding carboxylic acids is 1. The summed E-state index contributed by atoms with van der Waals surface area (Å²) in [5, 5.41) is 11.8. The summed E-state index contributed by atoms with van der Waals surface area (Å²) in [5.74, 6) is -0.160. The molecule has 8 heteroatoms. The third-order valence-electron chi connectivity index (χ3n) is 4.69. The van der Waals surface area contributed by atoms with E-state index in [1.54, 1.807) is 24.9 Å². The van der Waals surface area contributed by atoms with E-state index in [9.17, 15) is 14.9 Å². The highest BCUT2D eigenvalue weighted by Crippen LogP contribution is 2.35. The predicted molar refractivity (Wildman–Crippen MR) is 117 cm³/mol. The molecule has 6 nitrogen and oxygen atoms in total. The predicted octanol–water partition coefficient (Wildman–Crippen LogP) is 4.21. The second-order valence-corrected chi connectivity index (χ2v) is 8.87. The number of rotatable bonds is 5. The van der Waals surface area contributed by atoms with Crippen LogP contribution in [0.1, 0.15) is 25.0 Å². The third kappa shape index (κ3) is 4.07. The first-order valence-electron chi connectivity index (χ1n) is 8.83. The molecular weight excluding hydrogens is 394 g/mol. The molecule has 1 aliphatic rings. The number of nitro benzene ring substituents is 1. The standard InChI is InChI=1S/C20H21N3O3S2/c1-12(27)13(2)28-18-7-5-4-6-15(18)20-16-10-14(23(25)26)8-9-17(16)22(3)19(24)11-21-20/h4-10,12-13,27H,11H2,1-3H3. The number of thiol groups is 1. The van der Waals surface area contributed by atoms with Gasteiger partial charge in [-0.05, 0) is 12.1 Å².